The van der Waals surface area contributed by atoms with Crippen molar-refractivity contribution in [3.05, 3.63) is 48.2 Å². The number of benzene rings is 1. The average Bonchev–Trinajstić information content (AvgIpc) is 3.02. The van der Waals surface area contributed by atoms with Crippen LogP contribution in [-0.2, 0) is 0 Å². The van der Waals surface area contributed by atoms with E-state index in [0.717, 1.165) is 16.9 Å². The third-order valence-electron chi connectivity index (χ3n) is 3.98. The number of amides is 1. The van der Waals surface area contributed by atoms with Crippen LogP contribution < -0.4 is 10.2 Å². The first-order valence-corrected chi connectivity index (χ1v) is 8.20. The van der Waals surface area contributed by atoms with Gasteiger partial charge in [0.05, 0.1) is 29.5 Å². The Morgan fingerprint density at radius 2 is 1.92 bits per heavy atom. The number of aromatic amines is 1. The van der Waals surface area contributed by atoms with Crippen LogP contribution in [0.3, 0.4) is 0 Å². The average molecular weight is 338 g/mol. The Labute approximate surface area is 146 Å². The molecule has 2 aromatic heterocycles. The highest BCUT2D eigenvalue weighted by Crippen LogP contribution is 2.22. The highest BCUT2D eigenvalue weighted by molar-refractivity contribution is 5.92. The summed E-state index contributed by atoms with van der Waals surface area (Å²) in [6.07, 6.45) is 3.07. The second-order valence-corrected chi connectivity index (χ2v) is 6.49. The molecule has 0 radical (unpaired) electrons. The van der Waals surface area contributed by atoms with E-state index in [2.05, 4.69) is 25.3 Å². The maximum Gasteiger partial charge on any atom is 0.272 e. The summed E-state index contributed by atoms with van der Waals surface area (Å²) in [4.78, 5) is 30.7. The van der Waals surface area contributed by atoms with Crippen molar-refractivity contribution in [2.75, 3.05) is 19.0 Å². The molecule has 130 valence electrons. The molecular weight excluding hydrogens is 316 g/mol. The van der Waals surface area contributed by atoms with Crippen molar-refractivity contribution in [2.45, 2.75) is 19.9 Å². The number of rotatable bonds is 5. The molecule has 0 spiro atoms. The molecule has 7 nitrogen and oxygen atoms in total. The summed E-state index contributed by atoms with van der Waals surface area (Å²) in [5, 5.41) is 3.01. The lowest BCUT2D eigenvalue weighted by Crippen LogP contribution is -2.33. The number of hydrogen-bond acceptors (Lipinski definition) is 5. The molecule has 2 heterocycles. The van der Waals surface area contributed by atoms with Crippen LogP contribution in [0.15, 0.2) is 36.7 Å². The third-order valence-corrected chi connectivity index (χ3v) is 3.98. The van der Waals surface area contributed by atoms with Crippen LogP contribution in [0.25, 0.3) is 11.0 Å². The molecule has 0 unspecified atom stereocenters. The van der Waals surface area contributed by atoms with E-state index in [-0.39, 0.29) is 23.6 Å². The standard InChI is InChI=1S/C18H22N6O/c1-11(2)16(17-21-12-7-5-6-8-13(12)22-17)23-18(25)14-9-20-15(10-19-14)24(3)4/h5-11,16H,1-4H3,(H,21,22)(H,23,25)/t16-/m0/s1. The van der Waals surface area contributed by atoms with Gasteiger partial charge in [0.15, 0.2) is 0 Å². The summed E-state index contributed by atoms with van der Waals surface area (Å²) < 4.78 is 0. The molecule has 3 rings (SSSR count). The zero-order chi connectivity index (χ0) is 18.0. The second kappa shape index (κ2) is 6.88. The zero-order valence-electron chi connectivity index (χ0n) is 14.8. The van der Waals surface area contributed by atoms with E-state index in [1.165, 1.54) is 6.20 Å². The van der Waals surface area contributed by atoms with Gasteiger partial charge in [-0.25, -0.2) is 15.0 Å². The molecule has 25 heavy (non-hydrogen) atoms. The lowest BCUT2D eigenvalue weighted by molar-refractivity contribution is 0.0918. The number of aromatic nitrogens is 4. The van der Waals surface area contributed by atoms with Crippen LogP contribution in [0.1, 0.15) is 36.2 Å². The molecule has 0 aliphatic heterocycles. The molecule has 0 fully saturated rings. The van der Waals surface area contributed by atoms with Gasteiger partial charge in [-0.1, -0.05) is 26.0 Å². The number of imidazole rings is 1. The van der Waals surface area contributed by atoms with Gasteiger partial charge in [-0.2, -0.15) is 0 Å². The maximum absolute atomic E-state index is 12.6. The topological polar surface area (TPSA) is 86.8 Å². The first kappa shape index (κ1) is 16.9. The summed E-state index contributed by atoms with van der Waals surface area (Å²) in [6.45, 7) is 4.08. The van der Waals surface area contributed by atoms with Gasteiger partial charge in [-0.15, -0.1) is 0 Å². The highest BCUT2D eigenvalue weighted by atomic mass is 16.2. The fraction of sp³-hybridized carbons (Fsp3) is 0.333. The second-order valence-electron chi connectivity index (χ2n) is 6.49. The van der Waals surface area contributed by atoms with Gasteiger partial charge in [-0.3, -0.25) is 4.79 Å². The minimum Gasteiger partial charge on any atom is -0.361 e. The quantitative estimate of drug-likeness (QED) is 0.746. The fourth-order valence-electron chi connectivity index (χ4n) is 2.56. The Morgan fingerprint density at radius 3 is 2.52 bits per heavy atom. The van der Waals surface area contributed by atoms with E-state index in [0.29, 0.717) is 5.82 Å². The van der Waals surface area contributed by atoms with E-state index in [4.69, 9.17) is 0 Å². The Morgan fingerprint density at radius 1 is 1.16 bits per heavy atom. The molecule has 3 aromatic rings. The van der Waals surface area contributed by atoms with Crippen molar-refractivity contribution in [3.63, 3.8) is 0 Å². The van der Waals surface area contributed by atoms with Crippen LogP contribution in [0.2, 0.25) is 0 Å². The number of para-hydroxylation sites is 2. The molecule has 1 amide bonds. The number of H-pyrrole nitrogens is 1. The molecule has 0 bridgehead atoms. The van der Waals surface area contributed by atoms with Crippen LogP contribution in [0.4, 0.5) is 5.82 Å². The monoisotopic (exact) mass is 338 g/mol. The highest BCUT2D eigenvalue weighted by Gasteiger charge is 2.23. The summed E-state index contributed by atoms with van der Waals surface area (Å²) in [6, 6.07) is 7.57. The Hall–Kier alpha value is -2.96. The number of nitrogens with zero attached hydrogens (tertiary/aromatic N) is 4. The van der Waals surface area contributed by atoms with E-state index in [1.54, 1.807) is 6.20 Å². The Kier molecular flexibility index (Phi) is 4.65. The van der Waals surface area contributed by atoms with Gasteiger partial charge in [0, 0.05) is 14.1 Å². The molecule has 7 heteroatoms. The Bertz CT molecular complexity index is 836. The fourth-order valence-corrected chi connectivity index (χ4v) is 2.56. The summed E-state index contributed by atoms with van der Waals surface area (Å²) >= 11 is 0. The normalized spacial score (nSPS) is 12.4. The van der Waals surface area contributed by atoms with E-state index in [9.17, 15) is 4.79 Å². The minimum atomic E-state index is -0.267. The number of hydrogen-bond donors (Lipinski definition) is 2. The first-order chi connectivity index (χ1) is 12.0. The van der Waals surface area contributed by atoms with E-state index >= 15 is 0 Å². The molecule has 0 aliphatic carbocycles. The maximum atomic E-state index is 12.6. The molecular formula is C18H22N6O. The number of anilines is 1. The molecule has 1 aromatic carbocycles. The van der Waals surface area contributed by atoms with Crippen molar-refractivity contribution in [3.8, 4) is 0 Å². The summed E-state index contributed by atoms with van der Waals surface area (Å²) in [7, 11) is 3.75. The first-order valence-electron chi connectivity index (χ1n) is 8.20. The van der Waals surface area contributed by atoms with Crippen molar-refractivity contribution >= 4 is 22.8 Å². The lowest BCUT2D eigenvalue weighted by Gasteiger charge is -2.20. The Balaban J connectivity index is 1.82. The predicted molar refractivity (Wildman–Crippen MR) is 97.5 cm³/mol. The van der Waals surface area contributed by atoms with E-state index < -0.39 is 0 Å². The number of carbonyl (C=O) groups is 1. The van der Waals surface area contributed by atoms with E-state index in [1.807, 2.05) is 57.1 Å². The van der Waals surface area contributed by atoms with Gasteiger partial charge < -0.3 is 15.2 Å². The number of fused-ring (bicyclic) bond motifs is 1. The van der Waals surface area contributed by atoms with Crippen molar-refractivity contribution in [1.29, 1.82) is 0 Å². The van der Waals surface area contributed by atoms with Gasteiger partial charge >= 0.3 is 0 Å². The SMILES string of the molecule is CC(C)[C@H](NC(=O)c1cnc(N(C)C)cn1)c1nc2ccccc2[nH]1. The third kappa shape index (κ3) is 3.60. The zero-order valence-corrected chi connectivity index (χ0v) is 14.8. The molecule has 1 atom stereocenters. The van der Waals surface area contributed by atoms with Crippen LogP contribution in [-0.4, -0.2) is 39.9 Å². The van der Waals surface area contributed by atoms with Crippen LogP contribution >= 0.6 is 0 Å². The van der Waals surface area contributed by atoms with Crippen LogP contribution in [0.5, 0.6) is 0 Å². The molecule has 0 aliphatic rings. The van der Waals surface area contributed by atoms with Gasteiger partial charge in [0.1, 0.15) is 17.3 Å². The van der Waals surface area contributed by atoms with Gasteiger partial charge in [0.2, 0.25) is 0 Å². The minimum absolute atomic E-state index is 0.165. The number of carbonyl (C=O) groups excluding carboxylic acids is 1. The molecule has 0 saturated heterocycles. The van der Waals surface area contributed by atoms with Crippen molar-refractivity contribution in [2.24, 2.45) is 5.92 Å². The predicted octanol–water partition coefficient (Wildman–Crippen LogP) is 2.55. The summed E-state index contributed by atoms with van der Waals surface area (Å²) in [5.74, 6) is 1.34. The summed E-state index contributed by atoms with van der Waals surface area (Å²) in [5.41, 5.74) is 2.12. The number of nitrogens with one attached hydrogen (secondary N) is 2. The smallest absolute Gasteiger partial charge is 0.272 e. The largest absolute Gasteiger partial charge is 0.361 e. The van der Waals surface area contributed by atoms with Crippen molar-refractivity contribution < 1.29 is 4.79 Å². The van der Waals surface area contributed by atoms with Gasteiger partial charge in [0.25, 0.3) is 5.91 Å². The lowest BCUT2D eigenvalue weighted by atomic mass is 10.0. The molecule has 0 saturated carbocycles. The van der Waals surface area contributed by atoms with Gasteiger partial charge in [-0.05, 0) is 18.1 Å². The van der Waals surface area contributed by atoms with Crippen LogP contribution in [0, 0.1) is 5.92 Å². The van der Waals surface area contributed by atoms with Crippen molar-refractivity contribution in [1.82, 2.24) is 25.3 Å². The molecule has 2 N–H and O–H groups in total.